The van der Waals surface area contributed by atoms with E-state index < -0.39 is 12.0 Å². The maximum Gasteiger partial charge on any atom is 0.337 e. The fourth-order valence-electron chi connectivity index (χ4n) is 3.44. The number of aromatic amines is 1. The maximum atomic E-state index is 12.4. The van der Waals surface area contributed by atoms with E-state index in [1.807, 2.05) is 43.3 Å². The van der Waals surface area contributed by atoms with E-state index in [0.717, 1.165) is 11.1 Å². The van der Waals surface area contributed by atoms with E-state index in [9.17, 15) is 14.4 Å². The number of carbonyl (C=O) groups is 2. The quantitative estimate of drug-likeness (QED) is 0.400. The molecule has 0 saturated heterocycles. The predicted octanol–water partition coefficient (Wildman–Crippen LogP) is 4.25. The highest BCUT2D eigenvalue weighted by molar-refractivity contribution is 6.01. The first-order chi connectivity index (χ1) is 15.9. The van der Waals surface area contributed by atoms with E-state index in [4.69, 9.17) is 4.74 Å². The lowest BCUT2D eigenvalue weighted by Crippen LogP contribution is -2.19. The van der Waals surface area contributed by atoms with Gasteiger partial charge in [0.25, 0.3) is 5.56 Å². The normalized spacial score (nSPS) is 10.6. The van der Waals surface area contributed by atoms with Crippen molar-refractivity contribution in [2.45, 2.75) is 13.3 Å². The number of hydrogen-bond donors (Lipinski definition) is 3. The van der Waals surface area contributed by atoms with E-state index in [1.165, 1.54) is 7.11 Å². The van der Waals surface area contributed by atoms with Crippen LogP contribution in [0.2, 0.25) is 0 Å². The second kappa shape index (κ2) is 9.35. The first-order valence-electron chi connectivity index (χ1n) is 10.3. The largest absolute Gasteiger partial charge is 0.465 e. The number of amides is 2. The first kappa shape index (κ1) is 21.8. The number of carbonyl (C=O) groups excluding carboxylic acids is 2. The second-order valence-corrected chi connectivity index (χ2v) is 7.57. The highest BCUT2D eigenvalue weighted by atomic mass is 16.5. The zero-order valence-corrected chi connectivity index (χ0v) is 18.1. The van der Waals surface area contributed by atoms with Crippen LogP contribution in [0.3, 0.4) is 0 Å². The number of aryl methyl sites for hydroxylation is 1. The number of H-pyrrole nitrogens is 1. The zero-order valence-electron chi connectivity index (χ0n) is 18.1. The Balaban J connectivity index is 1.54. The van der Waals surface area contributed by atoms with Crippen molar-refractivity contribution in [1.82, 2.24) is 10.2 Å². The van der Waals surface area contributed by atoms with Crippen LogP contribution < -0.4 is 16.2 Å². The number of urea groups is 1. The topological polar surface area (TPSA) is 113 Å². The molecule has 3 N–H and O–H groups in total. The van der Waals surface area contributed by atoms with Crippen LogP contribution in [-0.2, 0) is 11.2 Å². The Morgan fingerprint density at radius 1 is 0.909 bits per heavy atom. The van der Waals surface area contributed by atoms with E-state index in [2.05, 4.69) is 20.8 Å². The number of fused-ring (bicyclic) bond motifs is 1. The van der Waals surface area contributed by atoms with Gasteiger partial charge in [0.1, 0.15) is 0 Å². The van der Waals surface area contributed by atoms with Crippen LogP contribution in [0.1, 0.15) is 27.2 Å². The van der Waals surface area contributed by atoms with Crippen LogP contribution in [0.5, 0.6) is 0 Å². The number of ether oxygens (including phenoxy) is 1. The average molecular weight is 442 g/mol. The van der Waals surface area contributed by atoms with Gasteiger partial charge in [-0.3, -0.25) is 4.79 Å². The molecule has 0 fully saturated rings. The van der Waals surface area contributed by atoms with Gasteiger partial charge in [-0.2, -0.15) is 5.10 Å². The Hall–Kier alpha value is -4.46. The summed E-state index contributed by atoms with van der Waals surface area (Å²) in [7, 11) is 1.34. The van der Waals surface area contributed by atoms with E-state index in [1.54, 1.807) is 30.3 Å². The lowest BCUT2D eigenvalue weighted by Gasteiger charge is -2.10. The Morgan fingerprint density at radius 2 is 1.58 bits per heavy atom. The highest BCUT2D eigenvalue weighted by Crippen LogP contribution is 2.21. The van der Waals surface area contributed by atoms with Crippen molar-refractivity contribution in [3.63, 3.8) is 0 Å². The van der Waals surface area contributed by atoms with E-state index in [-0.39, 0.29) is 5.56 Å². The van der Waals surface area contributed by atoms with Gasteiger partial charge < -0.3 is 15.4 Å². The standard InChI is InChI=1S/C25H22N4O4/c1-15-3-9-18(10-4-15)26-25(32)27-19-11-12-20-21(14-19)23(30)29-28-22(20)13-16-5-7-17(8-6-16)24(31)33-2/h3-12,14H,13H2,1-2H3,(H,29,30)(H2,26,27,32). The molecule has 8 heteroatoms. The van der Waals surface area contributed by atoms with Crippen LogP contribution in [0.25, 0.3) is 10.8 Å². The summed E-state index contributed by atoms with van der Waals surface area (Å²) in [5.41, 5.74) is 3.95. The van der Waals surface area contributed by atoms with E-state index >= 15 is 0 Å². The minimum Gasteiger partial charge on any atom is -0.465 e. The second-order valence-electron chi connectivity index (χ2n) is 7.57. The molecule has 0 aliphatic carbocycles. The number of nitrogens with zero attached hydrogens (tertiary/aromatic N) is 1. The maximum absolute atomic E-state index is 12.4. The minimum atomic E-state index is -0.408. The van der Waals surface area contributed by atoms with Crippen molar-refractivity contribution in [3.8, 4) is 0 Å². The Labute approximate surface area is 189 Å². The smallest absolute Gasteiger partial charge is 0.337 e. The van der Waals surface area contributed by atoms with Gasteiger partial charge in [0.2, 0.25) is 0 Å². The number of benzene rings is 3. The number of rotatable bonds is 5. The molecule has 0 atom stereocenters. The van der Waals surface area contributed by atoms with Crippen LogP contribution in [0.15, 0.2) is 71.5 Å². The number of anilines is 2. The molecule has 4 aromatic rings. The van der Waals surface area contributed by atoms with Gasteiger partial charge in [0.05, 0.1) is 23.8 Å². The molecule has 0 radical (unpaired) electrons. The Bertz CT molecular complexity index is 1380. The molecular formula is C25H22N4O4. The molecule has 2 amide bonds. The fraction of sp³-hybridized carbons (Fsp3) is 0.120. The third-order valence-corrected chi connectivity index (χ3v) is 5.18. The molecule has 3 aromatic carbocycles. The van der Waals surface area contributed by atoms with Gasteiger partial charge >= 0.3 is 12.0 Å². The summed E-state index contributed by atoms with van der Waals surface area (Å²) in [4.78, 5) is 36.3. The molecule has 1 aromatic heterocycles. The van der Waals surface area contributed by atoms with Crippen molar-refractivity contribution >= 4 is 34.1 Å². The predicted molar refractivity (Wildman–Crippen MR) is 127 cm³/mol. The molecule has 0 aliphatic rings. The molecule has 0 unspecified atom stereocenters. The summed E-state index contributed by atoms with van der Waals surface area (Å²) in [5.74, 6) is -0.402. The van der Waals surface area contributed by atoms with Crippen molar-refractivity contribution in [3.05, 3.63) is 99.5 Å². The summed E-state index contributed by atoms with van der Waals surface area (Å²) in [6.45, 7) is 1.97. The molecular weight excluding hydrogens is 420 g/mol. The molecule has 1 heterocycles. The molecule has 0 aliphatic heterocycles. The van der Waals surface area contributed by atoms with Crippen LogP contribution in [-0.4, -0.2) is 29.3 Å². The first-order valence-corrected chi connectivity index (χ1v) is 10.3. The van der Waals surface area contributed by atoms with Crippen molar-refractivity contribution in [2.24, 2.45) is 0 Å². The summed E-state index contributed by atoms with van der Waals surface area (Å²) in [6.07, 6.45) is 0.454. The van der Waals surface area contributed by atoms with Gasteiger partial charge in [-0.05, 0) is 48.9 Å². The van der Waals surface area contributed by atoms with Crippen LogP contribution in [0, 0.1) is 6.92 Å². The summed E-state index contributed by atoms with van der Waals surface area (Å²) < 4.78 is 4.72. The number of hydrogen-bond acceptors (Lipinski definition) is 5. The minimum absolute atomic E-state index is 0.350. The molecule has 8 nitrogen and oxygen atoms in total. The molecule has 4 rings (SSSR count). The summed E-state index contributed by atoms with van der Waals surface area (Å²) >= 11 is 0. The number of methoxy groups -OCH3 is 1. The average Bonchev–Trinajstić information content (AvgIpc) is 2.82. The van der Waals surface area contributed by atoms with Crippen molar-refractivity contribution in [2.75, 3.05) is 17.7 Å². The number of nitrogens with one attached hydrogen (secondary N) is 3. The Morgan fingerprint density at radius 3 is 2.27 bits per heavy atom. The lowest BCUT2D eigenvalue weighted by molar-refractivity contribution is 0.0600. The fourth-order valence-corrected chi connectivity index (χ4v) is 3.44. The summed E-state index contributed by atoms with van der Waals surface area (Å²) in [6, 6.07) is 19.1. The van der Waals surface area contributed by atoms with Gasteiger partial charge in [0.15, 0.2) is 0 Å². The zero-order chi connectivity index (χ0) is 23.4. The molecule has 0 bridgehead atoms. The van der Waals surface area contributed by atoms with Gasteiger partial charge in [-0.15, -0.1) is 0 Å². The number of esters is 1. The van der Waals surface area contributed by atoms with Crippen molar-refractivity contribution in [1.29, 1.82) is 0 Å². The Kier molecular flexibility index (Phi) is 6.17. The van der Waals surface area contributed by atoms with E-state index in [0.29, 0.717) is 39.8 Å². The SMILES string of the molecule is COC(=O)c1ccc(Cc2n[nH]c(=O)c3cc(NC(=O)Nc4ccc(C)cc4)ccc23)cc1. The summed E-state index contributed by atoms with van der Waals surface area (Å²) in [5, 5.41) is 13.3. The third kappa shape index (κ3) is 5.07. The lowest BCUT2D eigenvalue weighted by atomic mass is 10.0. The monoisotopic (exact) mass is 442 g/mol. The number of aromatic nitrogens is 2. The molecule has 0 spiro atoms. The van der Waals surface area contributed by atoms with Gasteiger partial charge in [-0.1, -0.05) is 35.9 Å². The molecule has 166 valence electrons. The third-order valence-electron chi connectivity index (χ3n) is 5.18. The van der Waals surface area contributed by atoms with Crippen molar-refractivity contribution < 1.29 is 14.3 Å². The molecule has 33 heavy (non-hydrogen) atoms. The van der Waals surface area contributed by atoms with Crippen LogP contribution >= 0.6 is 0 Å². The van der Waals surface area contributed by atoms with Crippen LogP contribution in [0.4, 0.5) is 16.2 Å². The molecule has 0 saturated carbocycles. The van der Waals surface area contributed by atoms with Gasteiger partial charge in [0, 0.05) is 23.2 Å². The van der Waals surface area contributed by atoms with Gasteiger partial charge in [-0.25, -0.2) is 14.7 Å². The highest BCUT2D eigenvalue weighted by Gasteiger charge is 2.11.